The molecule has 0 amide bonds. The number of ether oxygens (including phenoxy) is 2. The minimum atomic E-state index is -1.18. The van der Waals surface area contributed by atoms with Gasteiger partial charge in [0.05, 0.1) is 5.69 Å². The Kier molecular flexibility index (Phi) is 2.94. The average Bonchev–Trinajstić information content (AvgIpc) is 3.01. The second-order valence-corrected chi connectivity index (χ2v) is 4.44. The lowest BCUT2D eigenvalue weighted by atomic mass is 10.1. The van der Waals surface area contributed by atoms with Gasteiger partial charge >= 0.3 is 6.09 Å². The number of nitrogens with zero attached hydrogens (tertiary/aromatic N) is 2. The SMILES string of the molecule is Nc1cc(CCc2ccc3c(c2)OCO3)nn1C(=O)O. The van der Waals surface area contributed by atoms with Crippen LogP contribution in [0.25, 0.3) is 0 Å². The second-order valence-electron chi connectivity index (χ2n) is 4.44. The fraction of sp³-hybridized carbons (Fsp3) is 0.231. The zero-order valence-electron chi connectivity index (χ0n) is 10.6. The van der Waals surface area contributed by atoms with E-state index in [1.165, 1.54) is 0 Å². The molecule has 1 aliphatic rings. The van der Waals surface area contributed by atoms with Crippen LogP contribution in [0.15, 0.2) is 24.3 Å². The van der Waals surface area contributed by atoms with Crippen LogP contribution in [0.3, 0.4) is 0 Å². The van der Waals surface area contributed by atoms with Crippen molar-refractivity contribution in [1.29, 1.82) is 0 Å². The van der Waals surface area contributed by atoms with Gasteiger partial charge in [-0.1, -0.05) is 6.07 Å². The van der Waals surface area contributed by atoms with E-state index < -0.39 is 6.09 Å². The summed E-state index contributed by atoms with van der Waals surface area (Å²) < 4.78 is 11.3. The number of rotatable bonds is 3. The Balaban J connectivity index is 1.70. The Labute approximate surface area is 114 Å². The number of carbonyl (C=O) groups is 1. The van der Waals surface area contributed by atoms with E-state index in [1.54, 1.807) is 6.07 Å². The van der Waals surface area contributed by atoms with Crippen LogP contribution in [0.5, 0.6) is 11.5 Å². The molecular weight excluding hydrogens is 262 g/mol. The number of aromatic nitrogens is 2. The number of aryl methyl sites for hydroxylation is 2. The van der Waals surface area contributed by atoms with Gasteiger partial charge in [0.1, 0.15) is 5.82 Å². The van der Waals surface area contributed by atoms with Gasteiger partial charge < -0.3 is 20.3 Å². The van der Waals surface area contributed by atoms with Crippen molar-refractivity contribution in [2.75, 3.05) is 12.5 Å². The Morgan fingerprint density at radius 3 is 2.85 bits per heavy atom. The molecule has 0 saturated carbocycles. The normalized spacial score (nSPS) is 12.6. The molecular formula is C13H13N3O4. The van der Waals surface area contributed by atoms with Crippen molar-refractivity contribution < 1.29 is 19.4 Å². The van der Waals surface area contributed by atoms with Gasteiger partial charge in [-0.25, -0.2) is 4.79 Å². The summed E-state index contributed by atoms with van der Waals surface area (Å²) in [6, 6.07) is 7.30. The molecule has 1 aromatic heterocycles. The fourth-order valence-corrected chi connectivity index (χ4v) is 2.09. The molecule has 3 rings (SSSR count). The van der Waals surface area contributed by atoms with Gasteiger partial charge in [-0.15, -0.1) is 4.68 Å². The van der Waals surface area contributed by atoms with Crippen molar-refractivity contribution in [3.8, 4) is 11.5 Å². The van der Waals surface area contributed by atoms with Crippen molar-refractivity contribution in [3.63, 3.8) is 0 Å². The van der Waals surface area contributed by atoms with E-state index in [2.05, 4.69) is 5.10 Å². The van der Waals surface area contributed by atoms with E-state index in [4.69, 9.17) is 20.3 Å². The van der Waals surface area contributed by atoms with Gasteiger partial charge in [-0.2, -0.15) is 5.10 Å². The first kappa shape index (κ1) is 12.3. The highest BCUT2D eigenvalue weighted by Crippen LogP contribution is 2.32. The smallest absolute Gasteiger partial charge is 0.434 e. The van der Waals surface area contributed by atoms with Crippen LogP contribution in [0.4, 0.5) is 10.6 Å². The number of hydrogen-bond acceptors (Lipinski definition) is 5. The summed E-state index contributed by atoms with van der Waals surface area (Å²) >= 11 is 0. The summed E-state index contributed by atoms with van der Waals surface area (Å²) in [6.07, 6.45) is 0.133. The number of anilines is 1. The van der Waals surface area contributed by atoms with Crippen molar-refractivity contribution in [2.45, 2.75) is 12.8 Å². The zero-order valence-corrected chi connectivity index (χ0v) is 10.6. The second kappa shape index (κ2) is 4.76. The molecule has 7 nitrogen and oxygen atoms in total. The van der Waals surface area contributed by atoms with Crippen molar-refractivity contribution in [2.24, 2.45) is 0 Å². The van der Waals surface area contributed by atoms with E-state index in [9.17, 15) is 4.79 Å². The van der Waals surface area contributed by atoms with Crippen LogP contribution >= 0.6 is 0 Å². The van der Waals surface area contributed by atoms with Gasteiger partial charge in [0, 0.05) is 6.07 Å². The first-order chi connectivity index (χ1) is 9.63. The topological polar surface area (TPSA) is 99.6 Å². The van der Waals surface area contributed by atoms with E-state index >= 15 is 0 Å². The fourth-order valence-electron chi connectivity index (χ4n) is 2.09. The first-order valence-corrected chi connectivity index (χ1v) is 6.10. The molecule has 0 radical (unpaired) electrons. The summed E-state index contributed by atoms with van der Waals surface area (Å²) in [4.78, 5) is 10.8. The first-order valence-electron chi connectivity index (χ1n) is 6.10. The molecule has 3 N–H and O–H groups in total. The summed E-state index contributed by atoms with van der Waals surface area (Å²) in [5.74, 6) is 1.60. The summed E-state index contributed by atoms with van der Waals surface area (Å²) in [5.41, 5.74) is 7.28. The minimum Gasteiger partial charge on any atom is -0.463 e. The number of nitrogen functional groups attached to an aromatic ring is 1. The van der Waals surface area contributed by atoms with Crippen molar-refractivity contribution in [3.05, 3.63) is 35.5 Å². The number of benzene rings is 1. The zero-order chi connectivity index (χ0) is 14.1. The summed E-state index contributed by atoms with van der Waals surface area (Å²) in [7, 11) is 0. The van der Waals surface area contributed by atoms with Crippen LogP contribution in [0, 0.1) is 0 Å². The molecule has 20 heavy (non-hydrogen) atoms. The highest BCUT2D eigenvalue weighted by molar-refractivity contribution is 5.71. The number of hydrogen-bond donors (Lipinski definition) is 2. The maximum Gasteiger partial charge on any atom is 0.434 e. The lowest BCUT2D eigenvalue weighted by Crippen LogP contribution is -2.12. The molecule has 1 aliphatic heterocycles. The molecule has 104 valence electrons. The van der Waals surface area contributed by atoms with Gasteiger partial charge in [0.25, 0.3) is 0 Å². The molecule has 0 bridgehead atoms. The molecule has 0 unspecified atom stereocenters. The van der Waals surface area contributed by atoms with Gasteiger partial charge in [0.15, 0.2) is 11.5 Å². The molecule has 2 aromatic rings. The molecule has 0 saturated heterocycles. The van der Waals surface area contributed by atoms with Gasteiger partial charge in [-0.05, 0) is 30.5 Å². The van der Waals surface area contributed by atoms with E-state index in [-0.39, 0.29) is 12.6 Å². The number of carboxylic acid groups (broad SMARTS) is 1. The third kappa shape index (κ3) is 2.25. The average molecular weight is 275 g/mol. The van der Waals surface area contributed by atoms with Crippen LogP contribution in [-0.2, 0) is 12.8 Å². The Morgan fingerprint density at radius 1 is 1.30 bits per heavy atom. The van der Waals surface area contributed by atoms with E-state index in [0.29, 0.717) is 18.5 Å². The molecule has 2 heterocycles. The van der Waals surface area contributed by atoms with Crippen LogP contribution in [-0.4, -0.2) is 27.8 Å². The highest BCUT2D eigenvalue weighted by Gasteiger charge is 2.14. The summed E-state index contributed by atoms with van der Waals surface area (Å²) in [5, 5.41) is 12.8. The molecule has 1 aromatic carbocycles. The molecule has 7 heteroatoms. The number of fused-ring (bicyclic) bond motifs is 1. The third-order valence-electron chi connectivity index (χ3n) is 3.08. The monoisotopic (exact) mass is 275 g/mol. The van der Waals surface area contributed by atoms with Crippen LogP contribution in [0.2, 0.25) is 0 Å². The maximum absolute atomic E-state index is 10.8. The van der Waals surface area contributed by atoms with Gasteiger partial charge in [0.2, 0.25) is 6.79 Å². The van der Waals surface area contributed by atoms with Crippen LogP contribution in [0.1, 0.15) is 11.3 Å². The molecule has 0 spiro atoms. The predicted molar refractivity (Wildman–Crippen MR) is 70.0 cm³/mol. The Hall–Kier alpha value is -2.70. The standard InChI is InChI=1S/C13H13N3O4/c14-12-6-9(15-16(12)13(17)18)3-1-8-2-4-10-11(5-8)20-7-19-10/h2,4-6H,1,3,7,14H2,(H,17,18). The lowest BCUT2D eigenvalue weighted by Gasteiger charge is -2.01. The number of nitrogens with two attached hydrogens (primary N) is 1. The van der Waals surface area contributed by atoms with Crippen molar-refractivity contribution >= 4 is 11.9 Å². The molecule has 0 atom stereocenters. The third-order valence-corrected chi connectivity index (χ3v) is 3.08. The Bertz CT molecular complexity index is 666. The van der Waals surface area contributed by atoms with Crippen molar-refractivity contribution in [1.82, 2.24) is 9.78 Å². The quantitative estimate of drug-likeness (QED) is 0.880. The Morgan fingerprint density at radius 2 is 2.10 bits per heavy atom. The largest absolute Gasteiger partial charge is 0.463 e. The summed E-state index contributed by atoms with van der Waals surface area (Å²) in [6.45, 7) is 0.248. The predicted octanol–water partition coefficient (Wildman–Crippen LogP) is 1.51. The van der Waals surface area contributed by atoms with Crippen LogP contribution < -0.4 is 15.2 Å². The molecule has 0 aliphatic carbocycles. The maximum atomic E-state index is 10.8. The lowest BCUT2D eigenvalue weighted by molar-refractivity contribution is 0.174. The van der Waals surface area contributed by atoms with E-state index in [0.717, 1.165) is 21.7 Å². The van der Waals surface area contributed by atoms with Gasteiger partial charge in [-0.3, -0.25) is 0 Å². The molecule has 0 fully saturated rings. The highest BCUT2D eigenvalue weighted by atomic mass is 16.7. The van der Waals surface area contributed by atoms with E-state index in [1.807, 2.05) is 18.2 Å². The minimum absolute atomic E-state index is 0.123.